The van der Waals surface area contributed by atoms with E-state index in [9.17, 15) is 4.79 Å². The highest BCUT2D eigenvalue weighted by molar-refractivity contribution is 7.18. The fourth-order valence-corrected chi connectivity index (χ4v) is 5.36. The molecule has 0 unspecified atom stereocenters. The van der Waals surface area contributed by atoms with Gasteiger partial charge in [0.1, 0.15) is 10.7 Å². The van der Waals surface area contributed by atoms with E-state index in [1.807, 2.05) is 0 Å². The summed E-state index contributed by atoms with van der Waals surface area (Å²) >= 11 is 1.72. The Bertz CT molecular complexity index is 1040. The molecule has 0 aliphatic heterocycles. The first kappa shape index (κ1) is 18.4. The molecule has 2 heterocycles. The summed E-state index contributed by atoms with van der Waals surface area (Å²) in [5.41, 5.74) is 3.86. The van der Waals surface area contributed by atoms with Gasteiger partial charge in [0.25, 0.3) is 5.56 Å². The highest BCUT2D eigenvalue weighted by Crippen LogP contribution is 2.36. The monoisotopic (exact) mass is 381 g/mol. The molecule has 1 aliphatic rings. The van der Waals surface area contributed by atoms with Crippen LogP contribution in [-0.2, 0) is 19.4 Å². The first-order valence-electron chi connectivity index (χ1n) is 9.73. The lowest BCUT2D eigenvalue weighted by Gasteiger charge is -2.24. The van der Waals surface area contributed by atoms with E-state index in [1.54, 1.807) is 11.3 Å². The van der Waals surface area contributed by atoms with Crippen molar-refractivity contribution < 1.29 is 0 Å². The summed E-state index contributed by atoms with van der Waals surface area (Å²) in [6.45, 7) is 7.36. The molecular weight excluding hydrogens is 354 g/mol. The predicted molar refractivity (Wildman–Crippen MR) is 112 cm³/mol. The average molecular weight is 382 g/mol. The molecule has 0 saturated carbocycles. The number of thiophene rings is 1. The van der Waals surface area contributed by atoms with Gasteiger partial charge in [0.05, 0.1) is 11.4 Å². The lowest BCUT2D eigenvalue weighted by Crippen LogP contribution is -2.26. The molecule has 1 aromatic carbocycles. The van der Waals surface area contributed by atoms with E-state index in [0.717, 1.165) is 41.8 Å². The van der Waals surface area contributed by atoms with Crippen molar-refractivity contribution in [3.63, 3.8) is 0 Å². The maximum absolute atomic E-state index is 12.8. The molecule has 0 fully saturated rings. The van der Waals surface area contributed by atoms with Gasteiger partial charge in [0.2, 0.25) is 0 Å². The van der Waals surface area contributed by atoms with Gasteiger partial charge in [-0.25, -0.2) is 4.98 Å². The van der Waals surface area contributed by atoms with Crippen LogP contribution in [0.3, 0.4) is 0 Å². The van der Waals surface area contributed by atoms with E-state index in [0.29, 0.717) is 5.92 Å². The Morgan fingerprint density at radius 1 is 1.37 bits per heavy atom. The summed E-state index contributed by atoms with van der Waals surface area (Å²) in [5.74, 6) is 1.46. The highest BCUT2D eigenvalue weighted by atomic mass is 32.1. The molecule has 0 spiro atoms. The molecule has 0 amide bonds. The summed E-state index contributed by atoms with van der Waals surface area (Å²) in [4.78, 5) is 25.3. The minimum Gasteiger partial charge on any atom is -0.309 e. The standard InChI is InChI=1S/C22H27N3OS/c1-13-9-10-17-18(11-13)27-22-19(17)21(26)23-20(24-22)15(3)25(4)12-16-8-6-5-7-14(16)2/h5-8,13,15H,9-12H2,1-4H3,(H,23,24,26)/t13-,15+/m1/s1. The molecule has 2 atom stereocenters. The Balaban J connectivity index is 1.65. The third kappa shape index (κ3) is 3.46. The first-order chi connectivity index (χ1) is 12.9. The quantitative estimate of drug-likeness (QED) is 0.718. The van der Waals surface area contributed by atoms with Crippen LogP contribution in [0.1, 0.15) is 53.7 Å². The van der Waals surface area contributed by atoms with Gasteiger partial charge in [-0.3, -0.25) is 9.69 Å². The number of benzene rings is 1. The van der Waals surface area contributed by atoms with Gasteiger partial charge in [0.15, 0.2) is 0 Å². The Hall–Kier alpha value is -1.98. The average Bonchev–Trinajstić information content (AvgIpc) is 3.00. The molecule has 27 heavy (non-hydrogen) atoms. The Morgan fingerprint density at radius 2 is 2.15 bits per heavy atom. The van der Waals surface area contributed by atoms with E-state index in [1.165, 1.54) is 21.6 Å². The second-order valence-electron chi connectivity index (χ2n) is 8.00. The second kappa shape index (κ2) is 7.21. The predicted octanol–water partition coefficient (Wildman–Crippen LogP) is 4.61. The van der Waals surface area contributed by atoms with Gasteiger partial charge in [-0.05, 0) is 62.8 Å². The molecule has 0 bridgehead atoms. The lowest BCUT2D eigenvalue weighted by molar-refractivity contribution is 0.243. The fraction of sp³-hybridized carbons (Fsp3) is 0.455. The second-order valence-corrected chi connectivity index (χ2v) is 9.08. The maximum atomic E-state index is 12.8. The van der Waals surface area contributed by atoms with Crippen molar-refractivity contribution in [2.75, 3.05) is 7.05 Å². The van der Waals surface area contributed by atoms with Gasteiger partial charge in [0, 0.05) is 11.4 Å². The zero-order chi connectivity index (χ0) is 19.1. The number of fused-ring (bicyclic) bond motifs is 3. The number of hydrogen-bond acceptors (Lipinski definition) is 4. The van der Waals surface area contributed by atoms with Crippen LogP contribution in [0.4, 0.5) is 0 Å². The van der Waals surface area contributed by atoms with E-state index >= 15 is 0 Å². The zero-order valence-corrected chi connectivity index (χ0v) is 17.3. The topological polar surface area (TPSA) is 49.0 Å². The van der Waals surface area contributed by atoms with Crippen molar-refractivity contribution in [3.8, 4) is 0 Å². The van der Waals surface area contributed by atoms with Crippen LogP contribution in [0.15, 0.2) is 29.1 Å². The third-order valence-corrected chi connectivity index (χ3v) is 7.07. The molecule has 0 saturated heterocycles. The third-order valence-electron chi connectivity index (χ3n) is 5.92. The molecule has 2 aromatic heterocycles. The molecule has 0 radical (unpaired) electrons. The molecule has 3 aromatic rings. The van der Waals surface area contributed by atoms with Crippen LogP contribution < -0.4 is 5.56 Å². The van der Waals surface area contributed by atoms with E-state index in [4.69, 9.17) is 4.98 Å². The summed E-state index contributed by atoms with van der Waals surface area (Å²) in [6.07, 6.45) is 3.24. The Morgan fingerprint density at radius 3 is 2.93 bits per heavy atom. The normalized spacial score (nSPS) is 18.0. The summed E-state index contributed by atoms with van der Waals surface area (Å²) in [6, 6.07) is 8.47. The summed E-state index contributed by atoms with van der Waals surface area (Å²) in [5, 5.41) is 0.833. The van der Waals surface area contributed by atoms with Gasteiger partial charge in [-0.1, -0.05) is 31.2 Å². The van der Waals surface area contributed by atoms with E-state index in [-0.39, 0.29) is 11.6 Å². The SMILES string of the molecule is Cc1ccccc1CN(C)[C@@H](C)c1nc2sc3c(c2c(=O)[nH]1)CC[C@@H](C)C3. The van der Waals surface area contributed by atoms with Crippen LogP contribution >= 0.6 is 11.3 Å². The number of H-pyrrole nitrogens is 1. The van der Waals surface area contributed by atoms with E-state index in [2.05, 4.69) is 62.0 Å². The summed E-state index contributed by atoms with van der Waals surface area (Å²) < 4.78 is 0. The van der Waals surface area contributed by atoms with Crippen molar-refractivity contribution in [2.24, 2.45) is 5.92 Å². The Labute approximate surface area is 164 Å². The van der Waals surface area contributed by atoms with Crippen molar-refractivity contribution in [2.45, 2.75) is 52.6 Å². The largest absolute Gasteiger partial charge is 0.309 e. The smallest absolute Gasteiger partial charge is 0.259 e. The lowest BCUT2D eigenvalue weighted by atomic mass is 9.89. The van der Waals surface area contributed by atoms with Crippen LogP contribution in [0, 0.1) is 12.8 Å². The molecule has 142 valence electrons. The number of aryl methyl sites for hydroxylation is 2. The summed E-state index contributed by atoms with van der Waals surface area (Å²) in [7, 11) is 2.09. The first-order valence-corrected chi connectivity index (χ1v) is 10.5. The molecule has 1 aliphatic carbocycles. The number of aromatic nitrogens is 2. The van der Waals surface area contributed by atoms with Gasteiger partial charge in [-0.15, -0.1) is 11.3 Å². The van der Waals surface area contributed by atoms with Crippen molar-refractivity contribution in [3.05, 3.63) is 62.0 Å². The molecule has 1 N–H and O–H groups in total. The number of nitrogens with zero attached hydrogens (tertiary/aromatic N) is 2. The highest BCUT2D eigenvalue weighted by Gasteiger charge is 2.24. The number of hydrogen-bond donors (Lipinski definition) is 1. The van der Waals surface area contributed by atoms with Crippen LogP contribution in [0.25, 0.3) is 10.2 Å². The van der Waals surface area contributed by atoms with Gasteiger partial charge < -0.3 is 4.98 Å². The molecule has 4 nitrogen and oxygen atoms in total. The van der Waals surface area contributed by atoms with Gasteiger partial charge in [-0.2, -0.15) is 0 Å². The van der Waals surface area contributed by atoms with E-state index < -0.39 is 0 Å². The van der Waals surface area contributed by atoms with Crippen LogP contribution in [-0.4, -0.2) is 21.9 Å². The number of rotatable bonds is 4. The van der Waals surface area contributed by atoms with Gasteiger partial charge >= 0.3 is 0 Å². The number of aromatic amines is 1. The molecule has 5 heteroatoms. The number of nitrogens with one attached hydrogen (secondary N) is 1. The van der Waals surface area contributed by atoms with Crippen molar-refractivity contribution >= 4 is 21.6 Å². The van der Waals surface area contributed by atoms with Crippen molar-refractivity contribution in [1.82, 2.24) is 14.9 Å². The van der Waals surface area contributed by atoms with Crippen LogP contribution in [0.2, 0.25) is 0 Å². The van der Waals surface area contributed by atoms with Crippen LogP contribution in [0.5, 0.6) is 0 Å². The maximum Gasteiger partial charge on any atom is 0.259 e. The van der Waals surface area contributed by atoms with Crippen molar-refractivity contribution in [1.29, 1.82) is 0 Å². The molecular formula is C22H27N3OS. The fourth-order valence-electron chi connectivity index (χ4n) is 3.97. The minimum absolute atomic E-state index is 0.0261. The Kier molecular flexibility index (Phi) is 4.91. The molecule has 4 rings (SSSR count). The minimum atomic E-state index is 0.0261. The zero-order valence-electron chi connectivity index (χ0n) is 16.5.